The summed E-state index contributed by atoms with van der Waals surface area (Å²) in [7, 11) is -0.630. The molecule has 0 radical (unpaired) electrons. The maximum atomic E-state index is 7.14. The van der Waals surface area contributed by atoms with Gasteiger partial charge in [0.05, 0.1) is 0 Å². The topological polar surface area (TPSA) is 27.7 Å². The van der Waals surface area contributed by atoms with Crippen molar-refractivity contribution in [1.82, 2.24) is 0 Å². The van der Waals surface area contributed by atoms with Crippen LogP contribution in [-0.4, -0.2) is 52.9 Å². The Labute approximate surface area is 212 Å². The van der Waals surface area contributed by atoms with Crippen LogP contribution in [0.15, 0.2) is 10.2 Å². The number of methoxy groups -OCH3 is 1. The van der Waals surface area contributed by atoms with Gasteiger partial charge in [-0.25, -0.2) is 0 Å². The van der Waals surface area contributed by atoms with Crippen LogP contribution in [0.2, 0.25) is 23.4 Å². The third kappa shape index (κ3) is 8.33. The van der Waals surface area contributed by atoms with E-state index in [1.54, 1.807) is 0 Å². The van der Waals surface area contributed by atoms with Crippen LogP contribution >= 0.6 is 0 Å². The third-order valence-corrected chi connectivity index (χ3v) is 27.0. The second kappa shape index (κ2) is 13.8. The molecule has 196 valence electrons. The summed E-state index contributed by atoms with van der Waals surface area (Å²) in [5, 5.41) is -0.00395. The number of hydrogen-bond acceptors (Lipinski definition) is 3. The second-order valence-electron chi connectivity index (χ2n) is 12.7. The number of hydrogen-bond donors (Lipinski definition) is 0. The van der Waals surface area contributed by atoms with Crippen molar-refractivity contribution in [2.45, 2.75) is 143 Å². The summed E-state index contributed by atoms with van der Waals surface area (Å²) in [6.45, 7) is 23.9. The fourth-order valence-electron chi connectivity index (χ4n) is 5.82. The predicted molar refractivity (Wildman–Crippen MR) is 150 cm³/mol. The summed E-state index contributed by atoms with van der Waals surface area (Å²) in [4.78, 5) is 0. The summed E-state index contributed by atoms with van der Waals surface area (Å²) in [6.07, 6.45) is 10.6. The molecular formula is C28H58O3SiSn. The zero-order valence-corrected chi connectivity index (χ0v) is 28.0. The van der Waals surface area contributed by atoms with Gasteiger partial charge in [0, 0.05) is 0 Å². The maximum absolute atomic E-state index is 7.14. The molecule has 1 rings (SSSR count). The molecule has 1 fully saturated rings. The number of rotatable bonds is 13. The normalized spacial score (nSPS) is 23.2. The van der Waals surface area contributed by atoms with E-state index in [9.17, 15) is 0 Å². The van der Waals surface area contributed by atoms with Gasteiger partial charge in [-0.3, -0.25) is 0 Å². The Morgan fingerprint density at radius 1 is 0.909 bits per heavy atom. The van der Waals surface area contributed by atoms with Crippen LogP contribution in [0, 0.1) is 5.92 Å². The van der Waals surface area contributed by atoms with Crippen LogP contribution in [0.1, 0.15) is 108 Å². The molecule has 0 aromatic rings. The Balaban J connectivity index is 3.30. The van der Waals surface area contributed by atoms with E-state index in [2.05, 4.69) is 79.4 Å². The molecule has 0 amide bonds. The van der Waals surface area contributed by atoms with Crippen LogP contribution in [-0.2, 0) is 13.6 Å². The molecule has 0 aromatic carbocycles. The van der Waals surface area contributed by atoms with E-state index >= 15 is 0 Å². The Morgan fingerprint density at radius 2 is 1.36 bits per heavy atom. The van der Waals surface area contributed by atoms with Gasteiger partial charge >= 0.3 is 214 Å². The van der Waals surface area contributed by atoms with Gasteiger partial charge in [0.15, 0.2) is 0 Å². The summed E-state index contributed by atoms with van der Waals surface area (Å²) < 4.78 is 27.2. The van der Waals surface area contributed by atoms with Gasteiger partial charge in [0.25, 0.3) is 0 Å². The monoisotopic (exact) mass is 590 g/mol. The molecular weight excluding hydrogens is 531 g/mol. The molecule has 0 spiro atoms. The van der Waals surface area contributed by atoms with Gasteiger partial charge in [-0.1, -0.05) is 0 Å². The van der Waals surface area contributed by atoms with E-state index in [0.29, 0.717) is 5.92 Å². The summed E-state index contributed by atoms with van der Waals surface area (Å²) in [5.74, 6) is 0.330. The number of unbranched alkanes of at least 4 members (excludes halogenated alkanes) is 3. The third-order valence-electron chi connectivity index (χ3n) is 7.71. The summed E-state index contributed by atoms with van der Waals surface area (Å²) >= 11 is -2.37. The van der Waals surface area contributed by atoms with Crippen LogP contribution in [0.5, 0.6) is 0 Å². The molecule has 0 bridgehead atoms. The molecule has 0 aliphatic carbocycles. The van der Waals surface area contributed by atoms with E-state index in [1.165, 1.54) is 51.8 Å². The fourth-order valence-corrected chi connectivity index (χ4v) is 25.3. The Kier molecular flexibility index (Phi) is 13.2. The van der Waals surface area contributed by atoms with Crippen LogP contribution < -0.4 is 0 Å². The molecule has 0 saturated carbocycles. The first-order valence-electron chi connectivity index (χ1n) is 13.9. The van der Waals surface area contributed by atoms with Crippen molar-refractivity contribution < 1.29 is 13.6 Å². The van der Waals surface area contributed by atoms with Crippen molar-refractivity contribution >= 4 is 26.9 Å². The first-order valence-corrected chi connectivity index (χ1v) is 23.4. The Hall–Kier alpha value is 0.636. The Morgan fingerprint density at radius 3 is 1.73 bits per heavy atom. The van der Waals surface area contributed by atoms with Crippen molar-refractivity contribution in [2.75, 3.05) is 13.7 Å². The van der Waals surface area contributed by atoms with Crippen molar-refractivity contribution in [3.63, 3.8) is 0 Å². The minimum absolute atomic E-state index is 0.00197. The van der Waals surface area contributed by atoms with E-state index < -0.39 is 26.9 Å². The van der Waals surface area contributed by atoms with Gasteiger partial charge < -0.3 is 0 Å². The molecule has 1 saturated heterocycles. The number of ether oxygens (including phenoxy) is 1. The van der Waals surface area contributed by atoms with Crippen LogP contribution in [0.3, 0.4) is 0 Å². The van der Waals surface area contributed by atoms with Gasteiger partial charge in [0.1, 0.15) is 0 Å². The Bertz CT molecular complexity index is 543. The van der Waals surface area contributed by atoms with Crippen LogP contribution in [0.25, 0.3) is 0 Å². The van der Waals surface area contributed by atoms with Crippen molar-refractivity contribution in [2.24, 2.45) is 5.92 Å². The molecule has 1 aliphatic rings. The molecule has 0 unspecified atom stereocenters. The average molecular weight is 590 g/mol. The van der Waals surface area contributed by atoms with Gasteiger partial charge in [0.2, 0.25) is 0 Å². The van der Waals surface area contributed by atoms with Crippen molar-refractivity contribution in [1.29, 1.82) is 0 Å². The molecule has 1 heterocycles. The minimum atomic E-state index is -2.50. The molecule has 33 heavy (non-hydrogen) atoms. The van der Waals surface area contributed by atoms with Gasteiger partial charge in [-0.15, -0.1) is 0 Å². The second-order valence-corrected chi connectivity index (χ2v) is 30.5. The molecule has 3 atom stereocenters. The first-order chi connectivity index (χ1) is 15.3. The molecule has 0 N–H and O–H groups in total. The molecule has 1 aliphatic heterocycles. The zero-order valence-electron chi connectivity index (χ0n) is 24.2. The summed E-state index contributed by atoms with van der Waals surface area (Å²) in [5.41, 5.74) is 0. The van der Waals surface area contributed by atoms with Gasteiger partial charge in [-0.05, 0) is 0 Å². The zero-order chi connectivity index (χ0) is 25.3. The molecule has 5 heteroatoms. The van der Waals surface area contributed by atoms with E-state index in [0.717, 1.165) is 6.61 Å². The van der Waals surface area contributed by atoms with Crippen molar-refractivity contribution in [3.8, 4) is 0 Å². The van der Waals surface area contributed by atoms with E-state index in [4.69, 9.17) is 13.6 Å². The molecule has 3 nitrogen and oxygen atoms in total. The SMILES string of the molecule is CCC[CH2][Sn](/[CH]=C/[C@@H](OC)[C@@H]1O[Si](C(C)(C)C)(C(C)(C)C)OC[C@@H]1C)([CH2]CCC)[CH2]CCC. The quantitative estimate of drug-likeness (QED) is 0.201. The first kappa shape index (κ1) is 31.7. The standard InChI is InChI=1S/C16H31O3Si.3C4H9.Sn/c1-10-13(17-9)14-12(2)11-18-20(19-14,15(3,4)5)16(6,7)8;3*1-3-4-2;/h1,10,12-14H,11H2,2-9H3;3*1,3-4H2,2H3;/t12-,13+,14+;;;;/m0..../s1. The van der Waals surface area contributed by atoms with Crippen molar-refractivity contribution in [3.05, 3.63) is 10.2 Å². The molecule has 0 aromatic heterocycles. The predicted octanol–water partition coefficient (Wildman–Crippen LogP) is 9.04. The fraction of sp³-hybridized carbons (Fsp3) is 0.929. The average Bonchev–Trinajstić information content (AvgIpc) is 2.74. The van der Waals surface area contributed by atoms with Crippen LogP contribution in [0.4, 0.5) is 0 Å². The van der Waals surface area contributed by atoms with E-state index in [1.807, 2.05) is 7.11 Å². The van der Waals surface area contributed by atoms with Gasteiger partial charge in [-0.2, -0.15) is 0 Å². The van der Waals surface area contributed by atoms with E-state index in [-0.39, 0.29) is 22.3 Å². The summed E-state index contributed by atoms with van der Waals surface area (Å²) in [6, 6.07) is 0.